The van der Waals surface area contributed by atoms with Gasteiger partial charge in [0.15, 0.2) is 15.3 Å². The van der Waals surface area contributed by atoms with Crippen LogP contribution in [0, 0.1) is 5.41 Å². The molecule has 0 spiro atoms. The van der Waals surface area contributed by atoms with Crippen LogP contribution in [0.1, 0.15) is 23.6 Å². The van der Waals surface area contributed by atoms with Crippen molar-refractivity contribution in [3.8, 4) is 0 Å². The molecule has 188 valence electrons. The van der Waals surface area contributed by atoms with Crippen molar-refractivity contribution in [2.75, 3.05) is 18.8 Å². The predicted molar refractivity (Wildman–Crippen MR) is 120 cm³/mol. The molecule has 3 nitrogen and oxygen atoms in total. The lowest BCUT2D eigenvalue weighted by molar-refractivity contribution is -0.325. The molecule has 1 aliphatic rings. The number of benzene rings is 2. The molecule has 0 radical (unpaired) electrons. The van der Waals surface area contributed by atoms with E-state index >= 15 is 0 Å². The quantitative estimate of drug-likeness (QED) is 0.345. The van der Waals surface area contributed by atoms with Crippen molar-refractivity contribution in [1.82, 2.24) is 5.32 Å². The molecule has 2 aromatic rings. The molecule has 1 aliphatic heterocycles. The van der Waals surface area contributed by atoms with Gasteiger partial charge in [0, 0.05) is 10.6 Å². The van der Waals surface area contributed by atoms with Gasteiger partial charge in [0.25, 0.3) is 0 Å². The third-order valence-electron chi connectivity index (χ3n) is 5.83. The van der Waals surface area contributed by atoms with E-state index in [9.17, 15) is 34.8 Å². The minimum absolute atomic E-state index is 0.141. The smallest absolute Gasteiger partial charge is 0.316 e. The molecule has 0 aliphatic carbocycles. The summed E-state index contributed by atoms with van der Waals surface area (Å²) in [7, 11) is -4.87. The second-order valence-corrected chi connectivity index (χ2v) is 11.7. The maximum absolute atomic E-state index is 13.1. The number of nitrogens with one attached hydrogen (secondary N) is 1. The molecule has 0 amide bonds. The van der Waals surface area contributed by atoms with Gasteiger partial charge in [-0.3, -0.25) is 0 Å². The summed E-state index contributed by atoms with van der Waals surface area (Å²) in [6, 6.07) is 8.65. The second-order valence-electron chi connectivity index (χ2n) is 8.28. The van der Waals surface area contributed by atoms with Gasteiger partial charge in [-0.05, 0) is 67.7 Å². The van der Waals surface area contributed by atoms with Gasteiger partial charge in [-0.2, -0.15) is 26.3 Å². The SMILES string of the molecule is CC(CS(=O)(=O)c1ccc(CSc2c(Cl)ccc3c2CCNCC3)cc1)(C(F)(F)F)C(F)(F)F. The molecule has 2 aromatic carbocycles. The Morgan fingerprint density at radius 3 is 2.12 bits per heavy atom. The van der Waals surface area contributed by atoms with E-state index in [4.69, 9.17) is 11.6 Å². The Hall–Kier alpha value is -1.43. The molecule has 0 bridgehead atoms. The first-order valence-electron chi connectivity index (χ1n) is 10.2. The number of fused-ring (bicyclic) bond motifs is 1. The van der Waals surface area contributed by atoms with E-state index in [0.29, 0.717) is 16.3 Å². The van der Waals surface area contributed by atoms with Crippen LogP contribution >= 0.6 is 23.4 Å². The van der Waals surface area contributed by atoms with E-state index in [1.807, 2.05) is 12.1 Å². The Bertz CT molecular complexity index is 1120. The number of halogens is 7. The van der Waals surface area contributed by atoms with Gasteiger partial charge in [0.05, 0.1) is 15.7 Å². The maximum Gasteiger partial charge on any atom is 0.403 e. The molecule has 34 heavy (non-hydrogen) atoms. The number of alkyl halides is 6. The Morgan fingerprint density at radius 1 is 0.941 bits per heavy atom. The van der Waals surface area contributed by atoms with E-state index in [1.165, 1.54) is 29.5 Å². The van der Waals surface area contributed by atoms with Crippen molar-refractivity contribution >= 4 is 33.2 Å². The molecule has 0 fully saturated rings. The third kappa shape index (κ3) is 5.68. The zero-order valence-electron chi connectivity index (χ0n) is 18.0. The third-order valence-corrected chi connectivity index (χ3v) is 9.44. The minimum atomic E-state index is -5.78. The largest absolute Gasteiger partial charge is 0.403 e. The first-order chi connectivity index (χ1) is 15.7. The van der Waals surface area contributed by atoms with E-state index in [0.717, 1.165) is 48.5 Å². The van der Waals surface area contributed by atoms with Gasteiger partial charge in [0.2, 0.25) is 0 Å². The van der Waals surface area contributed by atoms with Crippen LogP contribution in [-0.2, 0) is 28.4 Å². The van der Waals surface area contributed by atoms with Crippen molar-refractivity contribution in [1.29, 1.82) is 0 Å². The fourth-order valence-corrected chi connectivity index (χ4v) is 6.86. The highest BCUT2D eigenvalue weighted by Gasteiger charge is 2.69. The summed E-state index contributed by atoms with van der Waals surface area (Å²) in [4.78, 5) is 0.310. The zero-order chi connectivity index (χ0) is 25.4. The Morgan fingerprint density at radius 2 is 1.53 bits per heavy atom. The van der Waals surface area contributed by atoms with E-state index in [1.54, 1.807) is 0 Å². The first-order valence-corrected chi connectivity index (χ1v) is 13.3. The minimum Gasteiger partial charge on any atom is -0.316 e. The molecule has 0 unspecified atom stereocenters. The molecule has 1 heterocycles. The fraction of sp³-hybridized carbons (Fsp3) is 0.455. The van der Waals surface area contributed by atoms with Crippen molar-refractivity contribution in [3.05, 3.63) is 58.1 Å². The van der Waals surface area contributed by atoms with Crippen molar-refractivity contribution in [2.24, 2.45) is 5.41 Å². The van der Waals surface area contributed by atoms with Gasteiger partial charge in [-0.1, -0.05) is 29.8 Å². The highest BCUT2D eigenvalue weighted by atomic mass is 35.5. The summed E-state index contributed by atoms with van der Waals surface area (Å²) in [5.41, 5.74) is -1.40. The fourth-order valence-electron chi connectivity index (χ4n) is 3.60. The van der Waals surface area contributed by atoms with E-state index < -0.39 is 38.3 Å². The van der Waals surface area contributed by atoms with Gasteiger partial charge in [-0.15, -0.1) is 11.8 Å². The summed E-state index contributed by atoms with van der Waals surface area (Å²) in [5, 5.41) is 3.91. The van der Waals surface area contributed by atoms with Crippen molar-refractivity contribution in [3.63, 3.8) is 0 Å². The number of sulfone groups is 1. The van der Waals surface area contributed by atoms with Crippen LogP contribution in [0.3, 0.4) is 0 Å². The number of hydrogen-bond acceptors (Lipinski definition) is 4. The zero-order valence-corrected chi connectivity index (χ0v) is 20.4. The summed E-state index contributed by atoms with van der Waals surface area (Å²) in [6.07, 6.45) is -9.90. The maximum atomic E-state index is 13.1. The number of hydrogen-bond donors (Lipinski definition) is 1. The second kappa shape index (κ2) is 9.91. The lowest BCUT2D eigenvalue weighted by Crippen LogP contribution is -2.52. The molecule has 12 heteroatoms. The summed E-state index contributed by atoms with van der Waals surface area (Å²) >= 11 is 7.84. The summed E-state index contributed by atoms with van der Waals surface area (Å²) in [5.74, 6) is -1.73. The lowest BCUT2D eigenvalue weighted by atomic mass is 9.92. The van der Waals surface area contributed by atoms with E-state index in [-0.39, 0.29) is 6.92 Å². The average molecular weight is 546 g/mol. The van der Waals surface area contributed by atoms with Crippen molar-refractivity contribution < 1.29 is 34.8 Å². The molecule has 3 rings (SSSR count). The molecular weight excluding hydrogens is 524 g/mol. The molecule has 0 atom stereocenters. The number of rotatable bonds is 6. The normalized spacial score (nSPS) is 15.6. The lowest BCUT2D eigenvalue weighted by Gasteiger charge is -2.33. The van der Waals surface area contributed by atoms with Gasteiger partial charge >= 0.3 is 12.4 Å². The van der Waals surface area contributed by atoms with Crippen LogP contribution in [0.2, 0.25) is 5.02 Å². The molecule has 0 saturated carbocycles. The molecular formula is C22H22ClF6NO2S2. The van der Waals surface area contributed by atoms with Crippen LogP contribution in [-0.4, -0.2) is 39.6 Å². The van der Waals surface area contributed by atoms with Crippen LogP contribution in [0.5, 0.6) is 0 Å². The first kappa shape index (κ1) is 27.2. The predicted octanol–water partition coefficient (Wildman–Crippen LogP) is 6.23. The van der Waals surface area contributed by atoms with Crippen LogP contribution < -0.4 is 5.32 Å². The molecule has 0 aromatic heterocycles. The van der Waals surface area contributed by atoms with Crippen LogP contribution in [0.4, 0.5) is 26.3 Å². The topological polar surface area (TPSA) is 46.2 Å². The highest BCUT2D eigenvalue weighted by Crippen LogP contribution is 2.51. The molecule has 0 saturated heterocycles. The monoisotopic (exact) mass is 545 g/mol. The molecule has 1 N–H and O–H groups in total. The average Bonchev–Trinajstić information content (AvgIpc) is 2.97. The number of thioether (sulfide) groups is 1. The highest BCUT2D eigenvalue weighted by molar-refractivity contribution is 7.98. The van der Waals surface area contributed by atoms with E-state index in [2.05, 4.69) is 5.32 Å². The Balaban J connectivity index is 1.78. The Kier molecular flexibility index (Phi) is 7.91. The summed E-state index contributed by atoms with van der Waals surface area (Å²) < 4.78 is 104. The standard InChI is InChI=1S/C22H22ClF6NO2S2/c1-20(21(24,25)26,22(27,28)29)13-34(31,32)16-5-2-14(3-6-16)12-33-19-17-9-11-30-10-8-15(17)4-7-18(19)23/h2-7,30H,8-13H2,1H3. The van der Waals surface area contributed by atoms with Gasteiger partial charge < -0.3 is 5.32 Å². The Labute approximate surface area is 203 Å². The van der Waals surface area contributed by atoms with Crippen molar-refractivity contribution in [2.45, 2.75) is 47.7 Å². The van der Waals surface area contributed by atoms with Gasteiger partial charge in [-0.25, -0.2) is 8.42 Å². The van der Waals surface area contributed by atoms with Crippen LogP contribution in [0.15, 0.2) is 46.2 Å². The summed E-state index contributed by atoms with van der Waals surface area (Å²) in [6.45, 7) is 1.52. The van der Waals surface area contributed by atoms with Gasteiger partial charge in [0.1, 0.15) is 0 Å². The van der Waals surface area contributed by atoms with Crippen LogP contribution in [0.25, 0.3) is 0 Å².